The minimum atomic E-state index is -0.106. The van der Waals surface area contributed by atoms with Gasteiger partial charge >= 0.3 is 0 Å². The molecule has 0 atom stereocenters. The topological polar surface area (TPSA) is 60.5 Å². The number of carbonyl (C=O) groups is 1. The summed E-state index contributed by atoms with van der Waals surface area (Å²) in [6.07, 6.45) is 4.12. The van der Waals surface area contributed by atoms with E-state index in [2.05, 4.69) is 20.6 Å². The number of halogens is 2. The van der Waals surface area contributed by atoms with Crippen molar-refractivity contribution in [2.45, 2.75) is 19.4 Å². The maximum atomic E-state index is 12.1. The van der Waals surface area contributed by atoms with E-state index in [1.807, 2.05) is 23.3 Å². The summed E-state index contributed by atoms with van der Waals surface area (Å²) in [5, 5.41) is 5.31. The Morgan fingerprint density at radius 3 is 2.43 bits per heavy atom. The van der Waals surface area contributed by atoms with E-state index in [0.717, 1.165) is 64.2 Å². The quantitative estimate of drug-likeness (QED) is 0.839. The van der Waals surface area contributed by atoms with Crippen molar-refractivity contribution in [3.63, 3.8) is 0 Å². The van der Waals surface area contributed by atoms with Crippen molar-refractivity contribution in [2.75, 3.05) is 39.3 Å². The lowest BCUT2D eigenvalue weighted by atomic mass is 10.2. The number of amides is 1. The van der Waals surface area contributed by atoms with E-state index in [9.17, 15) is 4.79 Å². The van der Waals surface area contributed by atoms with E-state index in [-0.39, 0.29) is 30.7 Å². The Hall–Kier alpha value is -0.920. The van der Waals surface area contributed by atoms with Gasteiger partial charge in [-0.25, -0.2) is 5.01 Å². The number of rotatable bonds is 4. The average molecular weight is 362 g/mol. The standard InChI is InChI=1S/C15H23N5O.2ClH/c21-15(18-20-7-1-2-8-20)14-4-3-13(11-17-14)12-19-9-5-16-6-10-19;;/h3-4,11,16H,1-2,5-10,12H2,(H,18,21);2*1H. The average Bonchev–Trinajstić information content (AvgIpc) is 3.02. The summed E-state index contributed by atoms with van der Waals surface area (Å²) >= 11 is 0. The third kappa shape index (κ3) is 5.90. The predicted octanol–water partition coefficient (Wildman–Crippen LogP) is 1.07. The van der Waals surface area contributed by atoms with E-state index in [1.54, 1.807) is 0 Å². The smallest absolute Gasteiger partial charge is 0.284 e. The fraction of sp³-hybridized carbons (Fsp3) is 0.600. The zero-order valence-electron chi connectivity index (χ0n) is 13.2. The summed E-state index contributed by atoms with van der Waals surface area (Å²) in [6.45, 7) is 7.00. The molecule has 130 valence electrons. The van der Waals surface area contributed by atoms with Gasteiger partial charge in [0, 0.05) is 52.0 Å². The van der Waals surface area contributed by atoms with Gasteiger partial charge in [-0.3, -0.25) is 20.1 Å². The van der Waals surface area contributed by atoms with Crippen LogP contribution in [0.1, 0.15) is 28.9 Å². The fourth-order valence-corrected chi connectivity index (χ4v) is 2.81. The minimum Gasteiger partial charge on any atom is -0.314 e. The molecule has 0 bridgehead atoms. The Morgan fingerprint density at radius 2 is 1.83 bits per heavy atom. The van der Waals surface area contributed by atoms with Gasteiger partial charge in [0.2, 0.25) is 0 Å². The molecule has 3 rings (SSSR count). The van der Waals surface area contributed by atoms with E-state index < -0.39 is 0 Å². The number of piperazine rings is 1. The second kappa shape index (κ2) is 10.1. The molecule has 6 nitrogen and oxygen atoms in total. The van der Waals surface area contributed by atoms with Crippen molar-refractivity contribution in [3.05, 3.63) is 29.6 Å². The minimum absolute atomic E-state index is 0. The first-order valence-corrected chi connectivity index (χ1v) is 7.75. The van der Waals surface area contributed by atoms with Gasteiger partial charge in [-0.05, 0) is 24.5 Å². The highest BCUT2D eigenvalue weighted by Gasteiger charge is 2.16. The van der Waals surface area contributed by atoms with Crippen LogP contribution in [0, 0.1) is 0 Å². The fourth-order valence-electron chi connectivity index (χ4n) is 2.81. The molecule has 0 saturated carbocycles. The van der Waals surface area contributed by atoms with Crippen LogP contribution in [0.3, 0.4) is 0 Å². The molecular formula is C15H25Cl2N5O. The van der Waals surface area contributed by atoms with Crippen LogP contribution in [0.4, 0.5) is 0 Å². The van der Waals surface area contributed by atoms with Crippen molar-refractivity contribution in [1.82, 2.24) is 25.6 Å². The van der Waals surface area contributed by atoms with Gasteiger partial charge in [0.25, 0.3) is 5.91 Å². The maximum absolute atomic E-state index is 12.1. The number of hydrogen-bond acceptors (Lipinski definition) is 5. The summed E-state index contributed by atoms with van der Waals surface area (Å²) < 4.78 is 0. The molecule has 2 fully saturated rings. The van der Waals surface area contributed by atoms with Crippen LogP contribution in [0.15, 0.2) is 18.3 Å². The van der Waals surface area contributed by atoms with Gasteiger partial charge in [0.1, 0.15) is 5.69 Å². The summed E-state index contributed by atoms with van der Waals surface area (Å²) in [6, 6.07) is 3.83. The van der Waals surface area contributed by atoms with Gasteiger partial charge in [-0.1, -0.05) is 6.07 Å². The van der Waals surface area contributed by atoms with Gasteiger partial charge in [-0.2, -0.15) is 0 Å². The Kier molecular flexibility index (Phi) is 8.79. The molecule has 1 aromatic rings. The highest BCUT2D eigenvalue weighted by molar-refractivity contribution is 5.91. The van der Waals surface area contributed by atoms with Gasteiger partial charge in [0.15, 0.2) is 0 Å². The first-order chi connectivity index (χ1) is 10.3. The van der Waals surface area contributed by atoms with Gasteiger partial charge in [0.05, 0.1) is 0 Å². The molecule has 0 aliphatic carbocycles. The normalized spacial score (nSPS) is 18.8. The molecule has 0 aromatic carbocycles. The molecule has 2 N–H and O–H groups in total. The Morgan fingerprint density at radius 1 is 1.13 bits per heavy atom. The van der Waals surface area contributed by atoms with Crippen molar-refractivity contribution >= 4 is 30.7 Å². The third-order valence-corrected chi connectivity index (χ3v) is 4.04. The lowest BCUT2D eigenvalue weighted by Crippen LogP contribution is -2.43. The molecule has 8 heteroatoms. The van der Waals surface area contributed by atoms with Crippen molar-refractivity contribution in [1.29, 1.82) is 0 Å². The van der Waals surface area contributed by atoms with Gasteiger partial charge in [-0.15, -0.1) is 24.8 Å². The van der Waals surface area contributed by atoms with Crippen molar-refractivity contribution in [3.8, 4) is 0 Å². The van der Waals surface area contributed by atoms with Gasteiger partial charge < -0.3 is 5.32 Å². The molecule has 1 amide bonds. The molecular weight excluding hydrogens is 337 g/mol. The third-order valence-electron chi connectivity index (χ3n) is 4.04. The monoisotopic (exact) mass is 361 g/mol. The lowest BCUT2D eigenvalue weighted by Gasteiger charge is -2.27. The number of pyridine rings is 1. The van der Waals surface area contributed by atoms with Crippen molar-refractivity contribution in [2.24, 2.45) is 0 Å². The summed E-state index contributed by atoms with van der Waals surface area (Å²) in [5.74, 6) is -0.106. The molecule has 3 heterocycles. The van der Waals surface area contributed by atoms with Crippen LogP contribution in [0.2, 0.25) is 0 Å². The molecule has 0 radical (unpaired) electrons. The summed E-state index contributed by atoms with van der Waals surface area (Å²) in [5.41, 5.74) is 4.56. The number of nitrogens with one attached hydrogen (secondary N) is 2. The number of carbonyl (C=O) groups excluding carboxylic acids is 1. The summed E-state index contributed by atoms with van der Waals surface area (Å²) in [7, 11) is 0. The van der Waals surface area contributed by atoms with E-state index in [0.29, 0.717) is 5.69 Å². The largest absolute Gasteiger partial charge is 0.314 e. The van der Waals surface area contributed by atoms with Crippen LogP contribution in [0.25, 0.3) is 0 Å². The van der Waals surface area contributed by atoms with E-state index in [1.165, 1.54) is 0 Å². The first-order valence-electron chi connectivity index (χ1n) is 7.75. The Labute approximate surface area is 149 Å². The molecule has 2 aliphatic heterocycles. The number of hydrazine groups is 1. The van der Waals surface area contributed by atoms with E-state index in [4.69, 9.17) is 0 Å². The zero-order valence-corrected chi connectivity index (χ0v) is 14.8. The molecule has 2 saturated heterocycles. The molecule has 0 spiro atoms. The second-order valence-electron chi connectivity index (χ2n) is 5.71. The molecule has 1 aromatic heterocycles. The Bertz CT molecular complexity index is 473. The highest BCUT2D eigenvalue weighted by Crippen LogP contribution is 2.07. The number of aromatic nitrogens is 1. The van der Waals surface area contributed by atoms with Crippen LogP contribution in [0.5, 0.6) is 0 Å². The van der Waals surface area contributed by atoms with Crippen LogP contribution < -0.4 is 10.7 Å². The van der Waals surface area contributed by atoms with Crippen LogP contribution in [-0.4, -0.2) is 60.1 Å². The Balaban J connectivity index is 0.00000132. The van der Waals surface area contributed by atoms with Crippen molar-refractivity contribution < 1.29 is 4.79 Å². The SMILES string of the molecule is Cl.Cl.O=C(NN1CCCC1)c1ccc(CN2CCNCC2)cn1. The molecule has 2 aliphatic rings. The predicted molar refractivity (Wildman–Crippen MR) is 95.2 cm³/mol. The second-order valence-corrected chi connectivity index (χ2v) is 5.71. The number of nitrogens with zero attached hydrogens (tertiary/aromatic N) is 3. The van der Waals surface area contributed by atoms with Crippen LogP contribution in [-0.2, 0) is 6.54 Å². The first kappa shape index (κ1) is 20.1. The number of hydrogen-bond donors (Lipinski definition) is 2. The maximum Gasteiger partial charge on any atom is 0.284 e. The zero-order chi connectivity index (χ0) is 14.5. The lowest BCUT2D eigenvalue weighted by molar-refractivity contribution is 0.0820. The molecule has 23 heavy (non-hydrogen) atoms. The molecule has 0 unspecified atom stereocenters. The summed E-state index contributed by atoms with van der Waals surface area (Å²) in [4.78, 5) is 18.8. The van der Waals surface area contributed by atoms with Crippen LogP contribution >= 0.6 is 24.8 Å². The van der Waals surface area contributed by atoms with E-state index >= 15 is 0 Å². The highest BCUT2D eigenvalue weighted by atomic mass is 35.5.